The van der Waals surface area contributed by atoms with E-state index in [1.54, 1.807) is 0 Å². The second-order valence-corrected chi connectivity index (χ2v) is 6.23. The van der Waals surface area contributed by atoms with Gasteiger partial charge in [-0.15, -0.1) is 0 Å². The second-order valence-electron chi connectivity index (χ2n) is 5.38. The van der Waals surface area contributed by atoms with Crippen molar-refractivity contribution in [1.82, 2.24) is 10.3 Å². The van der Waals surface area contributed by atoms with Crippen LogP contribution in [0.2, 0.25) is 0 Å². The van der Waals surface area contributed by atoms with Gasteiger partial charge in [0.05, 0.1) is 5.69 Å². The molecule has 0 atom stereocenters. The Morgan fingerprint density at radius 2 is 2.11 bits per heavy atom. The summed E-state index contributed by atoms with van der Waals surface area (Å²) in [5, 5.41) is 3.44. The van der Waals surface area contributed by atoms with E-state index in [0.717, 1.165) is 48.1 Å². The molecule has 0 aromatic carbocycles. The van der Waals surface area contributed by atoms with E-state index in [4.69, 9.17) is 4.98 Å². The SMILES string of the molecule is CCCN(CC1CCNCC1)c1ccc(Br)c(C)n1. The zero-order valence-electron chi connectivity index (χ0n) is 12.0. The van der Waals surface area contributed by atoms with Crippen LogP contribution in [0.5, 0.6) is 0 Å². The van der Waals surface area contributed by atoms with Crippen molar-refractivity contribution in [1.29, 1.82) is 0 Å². The molecule has 1 N–H and O–H groups in total. The molecule has 0 saturated carbocycles. The standard InChI is InChI=1S/C15H24BrN3/c1-3-10-19(11-13-6-8-17-9-7-13)15-5-4-14(16)12(2)18-15/h4-5,13,17H,3,6-11H2,1-2H3. The molecule has 1 aromatic heterocycles. The van der Waals surface area contributed by atoms with Crippen molar-refractivity contribution in [3.05, 3.63) is 22.3 Å². The maximum absolute atomic E-state index is 4.72. The summed E-state index contributed by atoms with van der Waals surface area (Å²) in [6.07, 6.45) is 3.74. The predicted molar refractivity (Wildman–Crippen MR) is 84.8 cm³/mol. The van der Waals surface area contributed by atoms with Crippen LogP contribution in [-0.2, 0) is 0 Å². The van der Waals surface area contributed by atoms with Gasteiger partial charge in [0.1, 0.15) is 5.82 Å². The van der Waals surface area contributed by atoms with Crippen molar-refractivity contribution in [2.24, 2.45) is 5.92 Å². The first-order valence-electron chi connectivity index (χ1n) is 7.29. The van der Waals surface area contributed by atoms with Gasteiger partial charge < -0.3 is 10.2 Å². The van der Waals surface area contributed by atoms with Crippen LogP contribution < -0.4 is 10.2 Å². The smallest absolute Gasteiger partial charge is 0.128 e. The number of nitrogens with zero attached hydrogens (tertiary/aromatic N) is 2. The molecule has 4 heteroatoms. The fraction of sp³-hybridized carbons (Fsp3) is 0.667. The first-order chi connectivity index (χ1) is 9.20. The number of aryl methyl sites for hydroxylation is 1. The number of piperidine rings is 1. The van der Waals surface area contributed by atoms with Crippen LogP contribution in [0.4, 0.5) is 5.82 Å². The van der Waals surface area contributed by atoms with Gasteiger partial charge in [0.15, 0.2) is 0 Å². The highest BCUT2D eigenvalue weighted by Crippen LogP contribution is 2.22. The summed E-state index contributed by atoms with van der Waals surface area (Å²) in [4.78, 5) is 7.17. The number of hydrogen-bond acceptors (Lipinski definition) is 3. The summed E-state index contributed by atoms with van der Waals surface area (Å²) in [5.41, 5.74) is 1.07. The number of nitrogens with one attached hydrogen (secondary N) is 1. The van der Waals surface area contributed by atoms with E-state index >= 15 is 0 Å². The topological polar surface area (TPSA) is 28.2 Å². The Morgan fingerprint density at radius 1 is 1.37 bits per heavy atom. The number of rotatable bonds is 5. The van der Waals surface area contributed by atoms with E-state index in [9.17, 15) is 0 Å². The minimum atomic E-state index is 0.804. The monoisotopic (exact) mass is 325 g/mol. The molecule has 0 amide bonds. The van der Waals surface area contributed by atoms with Crippen molar-refractivity contribution < 1.29 is 0 Å². The molecule has 0 unspecified atom stereocenters. The molecule has 0 aliphatic carbocycles. The van der Waals surface area contributed by atoms with Gasteiger partial charge >= 0.3 is 0 Å². The van der Waals surface area contributed by atoms with Crippen LogP contribution in [0.15, 0.2) is 16.6 Å². The minimum absolute atomic E-state index is 0.804. The molecular formula is C15H24BrN3. The normalized spacial score (nSPS) is 16.6. The largest absolute Gasteiger partial charge is 0.356 e. The average Bonchev–Trinajstić information content (AvgIpc) is 2.43. The quantitative estimate of drug-likeness (QED) is 0.899. The van der Waals surface area contributed by atoms with Crippen LogP contribution in [0.25, 0.3) is 0 Å². The third-order valence-corrected chi connectivity index (χ3v) is 4.60. The fourth-order valence-electron chi connectivity index (χ4n) is 2.65. The third kappa shape index (κ3) is 4.18. The van der Waals surface area contributed by atoms with Crippen LogP contribution >= 0.6 is 15.9 Å². The molecule has 2 rings (SSSR count). The zero-order valence-corrected chi connectivity index (χ0v) is 13.5. The van der Waals surface area contributed by atoms with Crippen molar-refractivity contribution in [3.8, 4) is 0 Å². The molecule has 0 radical (unpaired) electrons. The lowest BCUT2D eigenvalue weighted by Gasteiger charge is -2.31. The molecule has 1 saturated heterocycles. The van der Waals surface area contributed by atoms with E-state index < -0.39 is 0 Å². The molecule has 106 valence electrons. The van der Waals surface area contributed by atoms with E-state index in [1.807, 2.05) is 0 Å². The van der Waals surface area contributed by atoms with Crippen LogP contribution in [-0.4, -0.2) is 31.2 Å². The van der Waals surface area contributed by atoms with E-state index in [-0.39, 0.29) is 0 Å². The van der Waals surface area contributed by atoms with Crippen LogP contribution in [0, 0.1) is 12.8 Å². The van der Waals surface area contributed by atoms with Crippen molar-refractivity contribution in [2.45, 2.75) is 33.1 Å². The molecule has 2 heterocycles. The Bertz CT molecular complexity index is 402. The average molecular weight is 326 g/mol. The lowest BCUT2D eigenvalue weighted by molar-refractivity contribution is 0.372. The Hall–Kier alpha value is -0.610. The maximum Gasteiger partial charge on any atom is 0.128 e. The van der Waals surface area contributed by atoms with Gasteiger partial charge in [-0.1, -0.05) is 6.92 Å². The van der Waals surface area contributed by atoms with E-state index in [0.29, 0.717) is 0 Å². The van der Waals surface area contributed by atoms with Gasteiger partial charge in [0.2, 0.25) is 0 Å². The molecule has 0 spiro atoms. The fourth-order valence-corrected chi connectivity index (χ4v) is 2.87. The molecule has 19 heavy (non-hydrogen) atoms. The Balaban J connectivity index is 2.07. The summed E-state index contributed by atoms with van der Waals surface area (Å²) in [5.74, 6) is 1.93. The molecule has 0 bridgehead atoms. The summed E-state index contributed by atoms with van der Waals surface area (Å²) in [7, 11) is 0. The van der Waals surface area contributed by atoms with E-state index in [1.165, 1.54) is 19.3 Å². The van der Waals surface area contributed by atoms with Crippen molar-refractivity contribution in [3.63, 3.8) is 0 Å². The second kappa shape index (κ2) is 7.25. The Kier molecular flexibility index (Phi) is 5.64. The van der Waals surface area contributed by atoms with Gasteiger partial charge in [-0.3, -0.25) is 0 Å². The highest BCUT2D eigenvalue weighted by molar-refractivity contribution is 9.10. The molecule has 1 aromatic rings. The summed E-state index contributed by atoms with van der Waals surface area (Å²) < 4.78 is 1.09. The van der Waals surface area contributed by atoms with Crippen molar-refractivity contribution in [2.75, 3.05) is 31.1 Å². The summed E-state index contributed by atoms with van der Waals surface area (Å²) in [6, 6.07) is 4.25. The molecule has 1 aliphatic heterocycles. The summed E-state index contributed by atoms with van der Waals surface area (Å²) >= 11 is 3.53. The number of hydrogen-bond donors (Lipinski definition) is 1. The molecule has 1 aliphatic rings. The first-order valence-corrected chi connectivity index (χ1v) is 8.08. The van der Waals surface area contributed by atoms with Crippen LogP contribution in [0.3, 0.4) is 0 Å². The lowest BCUT2D eigenvalue weighted by atomic mass is 9.97. The first kappa shape index (κ1) is 14.8. The van der Waals surface area contributed by atoms with Crippen molar-refractivity contribution >= 4 is 21.7 Å². The molecule has 3 nitrogen and oxygen atoms in total. The van der Waals surface area contributed by atoms with Gasteiger partial charge in [-0.25, -0.2) is 4.98 Å². The lowest BCUT2D eigenvalue weighted by Crippen LogP contribution is -2.37. The molecular weight excluding hydrogens is 302 g/mol. The minimum Gasteiger partial charge on any atom is -0.356 e. The third-order valence-electron chi connectivity index (χ3n) is 3.76. The highest BCUT2D eigenvalue weighted by atomic mass is 79.9. The van der Waals surface area contributed by atoms with E-state index in [2.05, 4.69) is 52.1 Å². The van der Waals surface area contributed by atoms with Crippen LogP contribution in [0.1, 0.15) is 31.9 Å². The Labute approximate surface area is 124 Å². The predicted octanol–water partition coefficient (Wildman–Crippen LogP) is 3.37. The number of anilines is 1. The number of aromatic nitrogens is 1. The molecule has 1 fully saturated rings. The number of halogens is 1. The zero-order chi connectivity index (χ0) is 13.7. The highest BCUT2D eigenvalue weighted by Gasteiger charge is 2.18. The van der Waals surface area contributed by atoms with Gasteiger partial charge in [-0.2, -0.15) is 0 Å². The summed E-state index contributed by atoms with van der Waals surface area (Å²) in [6.45, 7) is 8.86. The maximum atomic E-state index is 4.72. The number of pyridine rings is 1. The Morgan fingerprint density at radius 3 is 2.74 bits per heavy atom. The van der Waals surface area contributed by atoms with Gasteiger partial charge in [0, 0.05) is 17.6 Å². The van der Waals surface area contributed by atoms with Gasteiger partial charge in [-0.05, 0) is 73.3 Å². The van der Waals surface area contributed by atoms with Gasteiger partial charge in [0.25, 0.3) is 0 Å².